The van der Waals surface area contributed by atoms with Crippen molar-refractivity contribution in [2.75, 3.05) is 0 Å². The van der Waals surface area contributed by atoms with E-state index < -0.39 is 33.4 Å². The van der Waals surface area contributed by atoms with Crippen molar-refractivity contribution in [3.8, 4) is 0 Å². The van der Waals surface area contributed by atoms with Crippen molar-refractivity contribution in [3.05, 3.63) is 23.8 Å². The molecule has 1 heterocycles. The molecule has 6 heteroatoms. The summed E-state index contributed by atoms with van der Waals surface area (Å²) in [7, 11) is -3.75. The van der Waals surface area contributed by atoms with Gasteiger partial charge in [0, 0.05) is 0 Å². The lowest BCUT2D eigenvalue weighted by atomic mass is 9.78. The predicted octanol–water partition coefficient (Wildman–Crippen LogP) is 2.48. The topological polar surface area (TPSA) is 52.6 Å². The first-order valence-electron chi connectivity index (χ1n) is 7.58. The van der Waals surface area contributed by atoms with Crippen molar-refractivity contribution in [2.24, 2.45) is 0 Å². The molecule has 1 aliphatic heterocycles. The summed E-state index contributed by atoms with van der Waals surface area (Å²) in [6, 6.07) is 5.28. The fourth-order valence-electron chi connectivity index (χ4n) is 2.37. The van der Waals surface area contributed by atoms with Crippen LogP contribution in [0.2, 0.25) is 0 Å². The Morgan fingerprint density at radius 2 is 1.55 bits per heavy atom. The Morgan fingerprint density at radius 3 is 1.95 bits per heavy atom. The molecule has 0 aliphatic carbocycles. The molecule has 0 radical (unpaired) electrons. The van der Waals surface area contributed by atoms with Gasteiger partial charge in [0.25, 0.3) is 0 Å². The second kappa shape index (κ2) is 5.36. The first-order chi connectivity index (χ1) is 9.88. The molecule has 0 spiro atoms. The first-order valence-corrected chi connectivity index (χ1v) is 9.13. The average Bonchev–Trinajstić information content (AvgIpc) is 2.57. The summed E-state index contributed by atoms with van der Waals surface area (Å²) in [6.07, 6.45) is 0. The molecule has 0 saturated carbocycles. The van der Waals surface area contributed by atoms with Crippen LogP contribution in [0.4, 0.5) is 0 Å². The van der Waals surface area contributed by atoms with Crippen LogP contribution in [0.15, 0.2) is 23.1 Å². The molecule has 1 saturated heterocycles. The zero-order chi connectivity index (χ0) is 16.9. The van der Waals surface area contributed by atoms with Crippen molar-refractivity contribution in [3.63, 3.8) is 0 Å². The van der Waals surface area contributed by atoms with Gasteiger partial charge in [-0.25, -0.2) is 8.42 Å². The number of benzene rings is 1. The van der Waals surface area contributed by atoms with Crippen LogP contribution in [-0.2, 0) is 19.1 Å². The Kier molecular flexibility index (Phi) is 4.26. The monoisotopic (exact) mass is 324 g/mol. The van der Waals surface area contributed by atoms with E-state index in [1.54, 1.807) is 26.0 Å². The molecule has 0 aromatic heterocycles. The average molecular weight is 324 g/mol. The molecule has 1 aliphatic rings. The lowest BCUT2D eigenvalue weighted by Crippen LogP contribution is -2.41. The molecule has 122 valence electrons. The molecular formula is C16H25BO4S. The Bertz CT molecular complexity index is 661. The maximum Gasteiger partial charge on any atom is 0.494 e. The molecule has 1 aromatic rings. The number of hydrogen-bond acceptors (Lipinski definition) is 4. The number of aryl methyl sites for hydroxylation is 1. The van der Waals surface area contributed by atoms with E-state index in [4.69, 9.17) is 9.31 Å². The van der Waals surface area contributed by atoms with Crippen molar-refractivity contribution < 1.29 is 17.7 Å². The van der Waals surface area contributed by atoms with Crippen molar-refractivity contribution in [1.29, 1.82) is 0 Å². The highest BCUT2D eigenvalue weighted by Crippen LogP contribution is 2.36. The van der Waals surface area contributed by atoms with E-state index in [1.807, 2.05) is 40.7 Å². The van der Waals surface area contributed by atoms with Crippen LogP contribution in [0.3, 0.4) is 0 Å². The summed E-state index contributed by atoms with van der Waals surface area (Å²) < 4.78 is 36.7. The van der Waals surface area contributed by atoms with E-state index >= 15 is 0 Å². The summed E-state index contributed by atoms with van der Waals surface area (Å²) in [4.78, 5) is 0.378. The minimum atomic E-state index is -3.28. The van der Waals surface area contributed by atoms with Gasteiger partial charge in [0.15, 0.2) is 9.84 Å². The van der Waals surface area contributed by atoms with Gasteiger partial charge in [0.1, 0.15) is 0 Å². The van der Waals surface area contributed by atoms with Gasteiger partial charge in [0.05, 0.1) is 21.3 Å². The molecule has 4 nitrogen and oxygen atoms in total. The van der Waals surface area contributed by atoms with Gasteiger partial charge in [-0.3, -0.25) is 0 Å². The highest BCUT2D eigenvalue weighted by Gasteiger charge is 2.51. The second-order valence-corrected chi connectivity index (χ2v) is 9.68. The van der Waals surface area contributed by atoms with Crippen molar-refractivity contribution in [1.82, 2.24) is 0 Å². The molecule has 0 atom stereocenters. The first kappa shape index (κ1) is 17.5. The third-order valence-corrected chi connectivity index (χ3v) is 6.96. The van der Waals surface area contributed by atoms with Crippen LogP contribution in [0.1, 0.15) is 47.1 Å². The van der Waals surface area contributed by atoms with Crippen LogP contribution in [0.25, 0.3) is 0 Å². The molecule has 0 amide bonds. The van der Waals surface area contributed by atoms with E-state index in [0.717, 1.165) is 11.0 Å². The zero-order valence-corrected chi connectivity index (χ0v) is 15.2. The van der Waals surface area contributed by atoms with Crippen LogP contribution >= 0.6 is 0 Å². The molecule has 1 fully saturated rings. The largest absolute Gasteiger partial charge is 0.494 e. The van der Waals surface area contributed by atoms with E-state index in [9.17, 15) is 8.42 Å². The predicted molar refractivity (Wildman–Crippen MR) is 89.2 cm³/mol. The maximum absolute atomic E-state index is 12.3. The van der Waals surface area contributed by atoms with Gasteiger partial charge >= 0.3 is 7.12 Å². The second-order valence-electron chi connectivity index (χ2n) is 7.21. The van der Waals surface area contributed by atoms with Gasteiger partial charge in [-0.05, 0) is 65.6 Å². The summed E-state index contributed by atoms with van der Waals surface area (Å²) in [5.74, 6) is 0. The Hall–Kier alpha value is -0.845. The molecule has 1 aromatic carbocycles. The van der Waals surface area contributed by atoms with Crippen LogP contribution in [0.5, 0.6) is 0 Å². The van der Waals surface area contributed by atoms with Gasteiger partial charge in [-0.1, -0.05) is 12.1 Å². The van der Waals surface area contributed by atoms with E-state index in [2.05, 4.69) is 0 Å². The smallest absolute Gasteiger partial charge is 0.399 e. The number of rotatable bonds is 3. The molecule has 0 N–H and O–H groups in total. The Balaban J connectivity index is 2.37. The number of hydrogen-bond donors (Lipinski definition) is 0. The van der Waals surface area contributed by atoms with Crippen molar-refractivity contribution in [2.45, 2.75) is 69.8 Å². The normalized spacial score (nSPS) is 20.6. The molecule has 2 rings (SSSR count). The van der Waals surface area contributed by atoms with Gasteiger partial charge in [0.2, 0.25) is 0 Å². The van der Waals surface area contributed by atoms with E-state index in [0.29, 0.717) is 4.90 Å². The fourth-order valence-corrected chi connectivity index (χ4v) is 3.64. The van der Waals surface area contributed by atoms with Gasteiger partial charge in [-0.2, -0.15) is 0 Å². The molecule has 22 heavy (non-hydrogen) atoms. The van der Waals surface area contributed by atoms with Crippen LogP contribution in [0, 0.1) is 6.92 Å². The third-order valence-electron chi connectivity index (χ3n) is 4.65. The fraction of sp³-hybridized carbons (Fsp3) is 0.625. The lowest BCUT2D eigenvalue weighted by molar-refractivity contribution is 0.00578. The van der Waals surface area contributed by atoms with Crippen molar-refractivity contribution >= 4 is 22.4 Å². The Morgan fingerprint density at radius 1 is 1.05 bits per heavy atom. The molecule has 0 bridgehead atoms. The summed E-state index contributed by atoms with van der Waals surface area (Å²) in [6.45, 7) is 13.2. The highest BCUT2D eigenvalue weighted by molar-refractivity contribution is 7.92. The molecule has 0 unspecified atom stereocenters. The van der Waals surface area contributed by atoms with E-state index in [1.165, 1.54) is 0 Å². The highest BCUT2D eigenvalue weighted by atomic mass is 32.2. The minimum Gasteiger partial charge on any atom is -0.399 e. The third kappa shape index (κ3) is 2.84. The van der Waals surface area contributed by atoms with Crippen LogP contribution < -0.4 is 5.46 Å². The summed E-state index contributed by atoms with van der Waals surface area (Å²) >= 11 is 0. The van der Waals surface area contributed by atoms with Gasteiger partial charge in [-0.15, -0.1) is 0 Å². The van der Waals surface area contributed by atoms with Crippen LogP contribution in [-0.4, -0.2) is 32.0 Å². The summed E-state index contributed by atoms with van der Waals surface area (Å²) in [5.41, 5.74) is 0.752. The number of sulfone groups is 1. The zero-order valence-electron chi connectivity index (χ0n) is 14.4. The SMILES string of the molecule is Cc1cc(B2OC(C)(C)C(C)(C)O2)ccc1S(=O)(=O)C(C)C. The maximum atomic E-state index is 12.3. The Labute approximate surface area is 134 Å². The lowest BCUT2D eigenvalue weighted by Gasteiger charge is -2.32. The van der Waals surface area contributed by atoms with E-state index in [-0.39, 0.29) is 0 Å². The quantitative estimate of drug-likeness (QED) is 0.802. The standard InChI is InChI=1S/C16H25BO4S/c1-11(2)22(18,19)14-9-8-13(10-12(14)3)17-20-15(4,5)16(6,7)21-17/h8-11H,1-7H3. The summed E-state index contributed by atoms with van der Waals surface area (Å²) in [5, 5.41) is -0.436. The molecular weight excluding hydrogens is 299 g/mol. The minimum absolute atomic E-state index is 0.378. The van der Waals surface area contributed by atoms with Gasteiger partial charge < -0.3 is 9.31 Å².